The van der Waals surface area contributed by atoms with Crippen LogP contribution in [0.4, 0.5) is 5.82 Å². The van der Waals surface area contributed by atoms with Crippen molar-refractivity contribution in [1.29, 1.82) is 0 Å². The lowest BCUT2D eigenvalue weighted by atomic mass is 9.97. The SMILES string of the molecule is COc1ccnc(N2CCN(C(=O)C3CCC(=O)NC3)CC2)c1. The Morgan fingerprint density at radius 3 is 2.78 bits per heavy atom. The second-order valence-corrected chi connectivity index (χ2v) is 5.91. The predicted octanol–water partition coefficient (Wildman–Crippen LogP) is 0.265. The highest BCUT2D eigenvalue weighted by atomic mass is 16.5. The number of hydrogen-bond acceptors (Lipinski definition) is 5. The van der Waals surface area contributed by atoms with E-state index >= 15 is 0 Å². The maximum atomic E-state index is 12.5. The number of anilines is 1. The molecule has 2 saturated heterocycles. The fourth-order valence-corrected chi connectivity index (χ4v) is 3.06. The molecule has 0 bridgehead atoms. The van der Waals surface area contributed by atoms with Gasteiger partial charge in [0.2, 0.25) is 11.8 Å². The number of nitrogens with zero attached hydrogens (tertiary/aromatic N) is 3. The highest BCUT2D eigenvalue weighted by Gasteiger charge is 2.30. The lowest BCUT2D eigenvalue weighted by Crippen LogP contribution is -2.52. The van der Waals surface area contributed by atoms with E-state index in [-0.39, 0.29) is 17.7 Å². The van der Waals surface area contributed by atoms with E-state index in [1.807, 2.05) is 17.0 Å². The van der Waals surface area contributed by atoms with Crippen molar-refractivity contribution in [1.82, 2.24) is 15.2 Å². The molecular weight excluding hydrogens is 296 g/mol. The van der Waals surface area contributed by atoms with Gasteiger partial charge in [0.05, 0.1) is 13.0 Å². The average Bonchev–Trinajstić information content (AvgIpc) is 2.62. The zero-order valence-corrected chi connectivity index (χ0v) is 13.3. The van der Waals surface area contributed by atoms with Gasteiger partial charge in [0.15, 0.2) is 0 Å². The molecule has 3 rings (SSSR count). The van der Waals surface area contributed by atoms with Crippen LogP contribution < -0.4 is 15.0 Å². The van der Waals surface area contributed by atoms with E-state index in [0.29, 0.717) is 32.5 Å². The molecule has 0 saturated carbocycles. The number of rotatable bonds is 3. The number of pyridine rings is 1. The molecule has 2 aliphatic rings. The highest BCUT2D eigenvalue weighted by Crippen LogP contribution is 2.21. The summed E-state index contributed by atoms with van der Waals surface area (Å²) in [6, 6.07) is 3.73. The van der Waals surface area contributed by atoms with Crippen LogP contribution >= 0.6 is 0 Å². The van der Waals surface area contributed by atoms with Crippen LogP contribution in [0.15, 0.2) is 18.3 Å². The molecular formula is C16H22N4O3. The smallest absolute Gasteiger partial charge is 0.227 e. The highest BCUT2D eigenvalue weighted by molar-refractivity contribution is 5.84. The van der Waals surface area contributed by atoms with Crippen molar-refractivity contribution in [2.45, 2.75) is 12.8 Å². The van der Waals surface area contributed by atoms with Crippen LogP contribution in [0.25, 0.3) is 0 Å². The van der Waals surface area contributed by atoms with Crippen molar-refractivity contribution in [3.63, 3.8) is 0 Å². The second-order valence-electron chi connectivity index (χ2n) is 5.91. The quantitative estimate of drug-likeness (QED) is 0.865. The molecule has 1 N–H and O–H groups in total. The van der Waals surface area contributed by atoms with Gasteiger partial charge in [-0.25, -0.2) is 4.98 Å². The lowest BCUT2D eigenvalue weighted by Gasteiger charge is -2.37. The van der Waals surface area contributed by atoms with Crippen LogP contribution in [-0.4, -0.2) is 61.5 Å². The van der Waals surface area contributed by atoms with Gasteiger partial charge < -0.3 is 19.9 Å². The number of aromatic nitrogens is 1. The monoisotopic (exact) mass is 318 g/mol. The summed E-state index contributed by atoms with van der Waals surface area (Å²) in [5, 5.41) is 2.78. The number of nitrogens with one attached hydrogen (secondary N) is 1. The lowest BCUT2D eigenvalue weighted by molar-refractivity contribution is -0.137. The van der Waals surface area contributed by atoms with Crippen LogP contribution in [0, 0.1) is 5.92 Å². The molecule has 3 heterocycles. The van der Waals surface area contributed by atoms with E-state index in [0.717, 1.165) is 24.7 Å². The molecule has 2 amide bonds. The van der Waals surface area contributed by atoms with Gasteiger partial charge in [-0.05, 0) is 12.5 Å². The number of ether oxygens (including phenoxy) is 1. The first-order valence-electron chi connectivity index (χ1n) is 7.98. The van der Waals surface area contributed by atoms with E-state index in [9.17, 15) is 9.59 Å². The summed E-state index contributed by atoms with van der Waals surface area (Å²) >= 11 is 0. The van der Waals surface area contributed by atoms with E-state index in [1.165, 1.54) is 0 Å². The van der Waals surface area contributed by atoms with Crippen molar-refractivity contribution in [2.75, 3.05) is 44.7 Å². The number of hydrogen-bond donors (Lipinski definition) is 1. The van der Waals surface area contributed by atoms with Crippen LogP contribution in [0.1, 0.15) is 12.8 Å². The van der Waals surface area contributed by atoms with E-state index < -0.39 is 0 Å². The summed E-state index contributed by atoms with van der Waals surface area (Å²) in [4.78, 5) is 32.2. The zero-order chi connectivity index (χ0) is 16.2. The first-order chi connectivity index (χ1) is 11.2. The van der Waals surface area contributed by atoms with Crippen LogP contribution in [0.5, 0.6) is 5.75 Å². The number of piperidine rings is 1. The summed E-state index contributed by atoms with van der Waals surface area (Å²) in [6.45, 7) is 3.34. The standard InChI is InChI=1S/C16H22N4O3/c1-23-13-4-5-17-14(10-13)19-6-8-20(9-7-19)16(22)12-2-3-15(21)18-11-12/h4-5,10,12H,2-3,6-9,11H2,1H3,(H,18,21). The fraction of sp³-hybridized carbons (Fsp3) is 0.562. The van der Waals surface area contributed by atoms with Gasteiger partial charge in [0.25, 0.3) is 0 Å². The molecule has 2 aliphatic heterocycles. The first-order valence-corrected chi connectivity index (χ1v) is 7.98. The summed E-state index contributed by atoms with van der Waals surface area (Å²) < 4.78 is 5.23. The molecule has 1 aromatic rings. The zero-order valence-electron chi connectivity index (χ0n) is 13.3. The minimum Gasteiger partial charge on any atom is -0.497 e. The number of amides is 2. The topological polar surface area (TPSA) is 74.8 Å². The number of carbonyl (C=O) groups is 2. The molecule has 0 spiro atoms. The molecule has 124 valence electrons. The van der Waals surface area contributed by atoms with Crippen molar-refractivity contribution in [2.24, 2.45) is 5.92 Å². The third-order valence-corrected chi connectivity index (χ3v) is 4.48. The first kappa shape index (κ1) is 15.6. The summed E-state index contributed by atoms with van der Waals surface area (Å²) in [6.07, 6.45) is 2.84. The van der Waals surface area contributed by atoms with Crippen LogP contribution in [-0.2, 0) is 9.59 Å². The molecule has 0 aromatic carbocycles. The number of carbonyl (C=O) groups excluding carboxylic acids is 2. The molecule has 23 heavy (non-hydrogen) atoms. The van der Waals surface area contributed by atoms with Gasteiger partial charge in [0, 0.05) is 51.4 Å². The Labute approximate surface area is 135 Å². The van der Waals surface area contributed by atoms with Gasteiger partial charge in [-0.3, -0.25) is 9.59 Å². The predicted molar refractivity (Wildman–Crippen MR) is 85.3 cm³/mol. The summed E-state index contributed by atoms with van der Waals surface area (Å²) in [5.41, 5.74) is 0. The minimum absolute atomic E-state index is 0.0444. The van der Waals surface area contributed by atoms with Gasteiger partial charge in [-0.1, -0.05) is 0 Å². The molecule has 7 heteroatoms. The fourth-order valence-electron chi connectivity index (χ4n) is 3.06. The minimum atomic E-state index is -0.0748. The Morgan fingerprint density at radius 1 is 1.35 bits per heavy atom. The Kier molecular flexibility index (Phi) is 4.64. The molecule has 1 aromatic heterocycles. The van der Waals surface area contributed by atoms with Crippen molar-refractivity contribution < 1.29 is 14.3 Å². The summed E-state index contributed by atoms with van der Waals surface area (Å²) in [5.74, 6) is 1.79. The molecule has 2 fully saturated rings. The average molecular weight is 318 g/mol. The Balaban J connectivity index is 1.55. The van der Waals surface area contributed by atoms with E-state index in [1.54, 1.807) is 13.3 Å². The number of methoxy groups -OCH3 is 1. The molecule has 0 radical (unpaired) electrons. The molecule has 7 nitrogen and oxygen atoms in total. The molecule has 0 aliphatic carbocycles. The van der Waals surface area contributed by atoms with Crippen LogP contribution in [0.2, 0.25) is 0 Å². The third kappa shape index (κ3) is 3.55. The Hall–Kier alpha value is -2.31. The number of piperazine rings is 1. The van der Waals surface area contributed by atoms with Crippen molar-refractivity contribution >= 4 is 17.6 Å². The Morgan fingerprint density at radius 2 is 2.13 bits per heavy atom. The van der Waals surface area contributed by atoms with Gasteiger partial charge >= 0.3 is 0 Å². The Bertz CT molecular complexity index is 574. The third-order valence-electron chi connectivity index (χ3n) is 4.48. The summed E-state index contributed by atoms with van der Waals surface area (Å²) in [7, 11) is 1.64. The maximum absolute atomic E-state index is 12.5. The molecule has 1 atom stereocenters. The van der Waals surface area contributed by atoms with Gasteiger partial charge in [-0.15, -0.1) is 0 Å². The van der Waals surface area contributed by atoms with Crippen molar-refractivity contribution in [3.8, 4) is 5.75 Å². The van der Waals surface area contributed by atoms with Gasteiger partial charge in [-0.2, -0.15) is 0 Å². The molecule has 1 unspecified atom stereocenters. The normalized spacial score (nSPS) is 21.8. The van der Waals surface area contributed by atoms with E-state index in [4.69, 9.17) is 4.74 Å². The van der Waals surface area contributed by atoms with Crippen LogP contribution in [0.3, 0.4) is 0 Å². The largest absolute Gasteiger partial charge is 0.497 e. The van der Waals surface area contributed by atoms with Crippen molar-refractivity contribution in [3.05, 3.63) is 18.3 Å². The second kappa shape index (κ2) is 6.85. The maximum Gasteiger partial charge on any atom is 0.227 e. The van der Waals surface area contributed by atoms with Gasteiger partial charge in [0.1, 0.15) is 11.6 Å². The van der Waals surface area contributed by atoms with E-state index in [2.05, 4.69) is 15.2 Å².